The molecule has 1 aliphatic carbocycles. The Balaban J connectivity index is 1.85. The fourth-order valence-electron chi connectivity index (χ4n) is 2.15. The van der Waals surface area contributed by atoms with Crippen LogP contribution in [0.1, 0.15) is 19.3 Å². The van der Waals surface area contributed by atoms with Gasteiger partial charge in [0.15, 0.2) is 0 Å². The van der Waals surface area contributed by atoms with E-state index in [-0.39, 0.29) is 12.1 Å². The van der Waals surface area contributed by atoms with Gasteiger partial charge >= 0.3 is 6.09 Å². The molecule has 4 nitrogen and oxygen atoms in total. The van der Waals surface area contributed by atoms with Gasteiger partial charge in [0.25, 0.3) is 0 Å². The molecule has 2 unspecified atom stereocenters. The van der Waals surface area contributed by atoms with E-state index in [0.29, 0.717) is 5.75 Å². The number of rotatable bonds is 3. The van der Waals surface area contributed by atoms with E-state index in [1.165, 1.54) is 0 Å². The monoisotopic (exact) mass is 235 g/mol. The van der Waals surface area contributed by atoms with Gasteiger partial charge in [-0.05, 0) is 31.4 Å². The Labute approximate surface area is 101 Å². The highest BCUT2D eigenvalue weighted by molar-refractivity contribution is 5.70. The SMILES string of the molecule is COC1CCCC1NC(=O)Oc1ccccc1. The van der Waals surface area contributed by atoms with Crippen LogP contribution in [0.25, 0.3) is 0 Å². The molecule has 17 heavy (non-hydrogen) atoms. The van der Waals surface area contributed by atoms with Gasteiger partial charge in [0, 0.05) is 7.11 Å². The Bertz CT molecular complexity index is 366. The predicted molar refractivity (Wildman–Crippen MR) is 64.0 cm³/mol. The topological polar surface area (TPSA) is 47.6 Å². The number of nitrogens with one attached hydrogen (secondary N) is 1. The zero-order chi connectivity index (χ0) is 12.1. The number of amides is 1. The Kier molecular flexibility index (Phi) is 3.98. The number of para-hydroxylation sites is 1. The van der Waals surface area contributed by atoms with Crippen molar-refractivity contribution in [3.05, 3.63) is 30.3 Å². The number of hydrogen-bond acceptors (Lipinski definition) is 3. The summed E-state index contributed by atoms with van der Waals surface area (Å²) in [4.78, 5) is 11.6. The third-order valence-electron chi connectivity index (χ3n) is 3.01. The van der Waals surface area contributed by atoms with Crippen molar-refractivity contribution in [3.63, 3.8) is 0 Å². The minimum atomic E-state index is -0.412. The summed E-state index contributed by atoms with van der Waals surface area (Å²) >= 11 is 0. The molecule has 0 heterocycles. The van der Waals surface area contributed by atoms with Crippen LogP contribution in [-0.4, -0.2) is 25.3 Å². The summed E-state index contributed by atoms with van der Waals surface area (Å²) in [6, 6.07) is 9.11. The van der Waals surface area contributed by atoms with Crippen molar-refractivity contribution < 1.29 is 14.3 Å². The largest absolute Gasteiger partial charge is 0.412 e. The molecule has 0 bridgehead atoms. The standard InChI is InChI=1S/C13H17NO3/c1-16-12-9-5-8-11(12)14-13(15)17-10-6-3-2-4-7-10/h2-4,6-7,11-12H,5,8-9H2,1H3,(H,14,15). The average molecular weight is 235 g/mol. The van der Waals surface area contributed by atoms with E-state index in [9.17, 15) is 4.79 Å². The maximum Gasteiger partial charge on any atom is 0.412 e. The lowest BCUT2D eigenvalue weighted by atomic mass is 10.2. The molecule has 1 aromatic rings. The number of carbonyl (C=O) groups excluding carboxylic acids is 1. The van der Waals surface area contributed by atoms with Crippen LogP contribution in [0, 0.1) is 0 Å². The number of carbonyl (C=O) groups is 1. The lowest BCUT2D eigenvalue weighted by molar-refractivity contribution is 0.0844. The average Bonchev–Trinajstić information content (AvgIpc) is 2.77. The van der Waals surface area contributed by atoms with Gasteiger partial charge in [-0.15, -0.1) is 0 Å². The van der Waals surface area contributed by atoms with Crippen LogP contribution in [0.2, 0.25) is 0 Å². The summed E-state index contributed by atoms with van der Waals surface area (Å²) in [5.41, 5.74) is 0. The number of methoxy groups -OCH3 is 1. The van der Waals surface area contributed by atoms with Crippen LogP contribution >= 0.6 is 0 Å². The second kappa shape index (κ2) is 5.68. The molecule has 1 N–H and O–H groups in total. The maximum atomic E-state index is 11.6. The summed E-state index contributed by atoms with van der Waals surface area (Å²) in [7, 11) is 1.67. The van der Waals surface area contributed by atoms with E-state index < -0.39 is 6.09 Å². The van der Waals surface area contributed by atoms with E-state index in [1.54, 1.807) is 19.2 Å². The molecule has 0 radical (unpaired) electrons. The Morgan fingerprint density at radius 2 is 2.06 bits per heavy atom. The van der Waals surface area contributed by atoms with Crippen molar-refractivity contribution in [2.75, 3.05) is 7.11 Å². The zero-order valence-electron chi connectivity index (χ0n) is 9.89. The molecule has 1 aliphatic rings. The van der Waals surface area contributed by atoms with Crippen LogP contribution in [0.5, 0.6) is 5.75 Å². The lowest BCUT2D eigenvalue weighted by Crippen LogP contribution is -2.42. The molecule has 1 aromatic carbocycles. The summed E-state index contributed by atoms with van der Waals surface area (Å²) in [6.07, 6.45) is 2.72. The van der Waals surface area contributed by atoms with Gasteiger partial charge in [-0.3, -0.25) is 0 Å². The molecule has 0 aromatic heterocycles. The quantitative estimate of drug-likeness (QED) is 0.874. The van der Waals surface area contributed by atoms with E-state index in [4.69, 9.17) is 9.47 Å². The molecular weight excluding hydrogens is 218 g/mol. The van der Waals surface area contributed by atoms with E-state index in [0.717, 1.165) is 19.3 Å². The normalized spacial score (nSPS) is 23.4. The summed E-state index contributed by atoms with van der Waals surface area (Å²) in [5, 5.41) is 2.84. The van der Waals surface area contributed by atoms with Crippen LogP contribution in [0.4, 0.5) is 4.79 Å². The second-order valence-electron chi connectivity index (χ2n) is 4.16. The first-order chi connectivity index (χ1) is 8.29. The van der Waals surface area contributed by atoms with Gasteiger partial charge in [0.05, 0.1) is 12.1 Å². The van der Waals surface area contributed by atoms with Crippen molar-refractivity contribution in [1.29, 1.82) is 0 Å². The van der Waals surface area contributed by atoms with Crippen LogP contribution < -0.4 is 10.1 Å². The minimum Gasteiger partial charge on any atom is -0.410 e. The summed E-state index contributed by atoms with van der Waals surface area (Å²) in [5.74, 6) is 0.553. The van der Waals surface area contributed by atoms with Gasteiger partial charge in [-0.1, -0.05) is 18.2 Å². The van der Waals surface area contributed by atoms with Gasteiger partial charge in [0.2, 0.25) is 0 Å². The molecule has 0 saturated heterocycles. The molecule has 2 rings (SSSR count). The van der Waals surface area contributed by atoms with Gasteiger partial charge < -0.3 is 14.8 Å². The summed E-state index contributed by atoms with van der Waals surface area (Å²) in [6.45, 7) is 0. The highest BCUT2D eigenvalue weighted by Gasteiger charge is 2.28. The number of benzene rings is 1. The fourth-order valence-corrected chi connectivity index (χ4v) is 2.15. The molecule has 0 spiro atoms. The minimum absolute atomic E-state index is 0.0659. The van der Waals surface area contributed by atoms with Crippen molar-refractivity contribution in [2.45, 2.75) is 31.4 Å². The van der Waals surface area contributed by atoms with E-state index in [1.807, 2.05) is 18.2 Å². The smallest absolute Gasteiger partial charge is 0.410 e. The van der Waals surface area contributed by atoms with Gasteiger partial charge in [-0.2, -0.15) is 0 Å². The molecule has 92 valence electrons. The van der Waals surface area contributed by atoms with E-state index >= 15 is 0 Å². The molecule has 1 amide bonds. The summed E-state index contributed by atoms with van der Waals surface area (Å²) < 4.78 is 10.5. The van der Waals surface area contributed by atoms with Gasteiger partial charge in [-0.25, -0.2) is 4.79 Å². The number of ether oxygens (including phenoxy) is 2. The van der Waals surface area contributed by atoms with Crippen molar-refractivity contribution >= 4 is 6.09 Å². The molecule has 1 saturated carbocycles. The van der Waals surface area contributed by atoms with Crippen molar-refractivity contribution in [2.24, 2.45) is 0 Å². The predicted octanol–water partition coefficient (Wildman–Crippen LogP) is 2.34. The van der Waals surface area contributed by atoms with E-state index in [2.05, 4.69) is 5.32 Å². The molecule has 0 aliphatic heterocycles. The lowest BCUT2D eigenvalue weighted by Gasteiger charge is -2.19. The van der Waals surface area contributed by atoms with Crippen molar-refractivity contribution in [1.82, 2.24) is 5.32 Å². The second-order valence-corrected chi connectivity index (χ2v) is 4.16. The van der Waals surface area contributed by atoms with Gasteiger partial charge in [0.1, 0.15) is 5.75 Å². The first-order valence-electron chi connectivity index (χ1n) is 5.86. The third kappa shape index (κ3) is 3.20. The first kappa shape index (κ1) is 11.9. The fraction of sp³-hybridized carbons (Fsp3) is 0.462. The maximum absolute atomic E-state index is 11.6. The Morgan fingerprint density at radius 1 is 1.29 bits per heavy atom. The van der Waals surface area contributed by atoms with Crippen LogP contribution in [-0.2, 0) is 4.74 Å². The molecule has 4 heteroatoms. The molecular formula is C13H17NO3. The zero-order valence-corrected chi connectivity index (χ0v) is 9.89. The third-order valence-corrected chi connectivity index (χ3v) is 3.01. The first-order valence-corrected chi connectivity index (χ1v) is 5.86. The van der Waals surface area contributed by atoms with Crippen LogP contribution in [0.3, 0.4) is 0 Å². The highest BCUT2D eigenvalue weighted by Crippen LogP contribution is 2.21. The van der Waals surface area contributed by atoms with Crippen LogP contribution in [0.15, 0.2) is 30.3 Å². The molecule has 2 atom stereocenters. The molecule has 1 fully saturated rings. The van der Waals surface area contributed by atoms with Crippen molar-refractivity contribution in [3.8, 4) is 5.75 Å². The Morgan fingerprint density at radius 3 is 2.76 bits per heavy atom. The number of hydrogen-bond donors (Lipinski definition) is 1. The highest BCUT2D eigenvalue weighted by atomic mass is 16.6. The Hall–Kier alpha value is -1.55.